The maximum atomic E-state index is 12.7. The average Bonchev–Trinajstić information content (AvgIpc) is 3.12. The minimum absolute atomic E-state index is 0.252. The lowest BCUT2D eigenvalue weighted by Crippen LogP contribution is -2.36. The van der Waals surface area contributed by atoms with E-state index in [0.29, 0.717) is 30.3 Å². The number of hydrogen-bond donors (Lipinski definition) is 3. The second kappa shape index (κ2) is 6.14. The lowest BCUT2D eigenvalue weighted by atomic mass is 10.1. The van der Waals surface area contributed by atoms with Crippen LogP contribution in [0.25, 0.3) is 33.3 Å². The Kier molecular flexibility index (Phi) is 3.61. The molecule has 0 aliphatic carbocycles. The normalized spacial score (nSPS) is 14.9. The van der Waals surface area contributed by atoms with Crippen LogP contribution in [0.3, 0.4) is 0 Å². The van der Waals surface area contributed by atoms with Gasteiger partial charge < -0.3 is 25.3 Å². The molecule has 0 amide bonds. The first-order chi connectivity index (χ1) is 13.2. The van der Waals surface area contributed by atoms with Crippen molar-refractivity contribution >= 4 is 33.3 Å². The number of hydrogen-bond acceptors (Lipinski definition) is 5. The van der Waals surface area contributed by atoms with E-state index in [0.717, 1.165) is 40.7 Å². The largest absolute Gasteiger partial charge is 0.397 e. The van der Waals surface area contributed by atoms with Crippen molar-refractivity contribution in [2.24, 2.45) is 0 Å². The highest BCUT2D eigenvalue weighted by atomic mass is 16.5. The van der Waals surface area contributed by atoms with Crippen LogP contribution in [0.2, 0.25) is 0 Å². The highest BCUT2D eigenvalue weighted by molar-refractivity contribution is 5.99. The van der Waals surface area contributed by atoms with Crippen LogP contribution in [-0.2, 0) is 4.74 Å². The Morgan fingerprint density at radius 3 is 2.67 bits per heavy atom. The lowest BCUT2D eigenvalue weighted by Gasteiger charge is -2.29. The molecule has 2 aromatic carbocycles. The number of aromatic nitrogens is 3. The standard InChI is InChI=1S/C20H19N5O2/c21-18-13-11-12(25-7-9-27-10-8-25)5-6-14(13)24-20(26)17(18)19-22-15-3-1-2-4-16(15)23-19/h1-6,11H,7-10H2,(H,22,23)(H3,21,24,26). The molecule has 0 radical (unpaired) electrons. The maximum Gasteiger partial charge on any atom is 0.261 e. The zero-order valence-corrected chi connectivity index (χ0v) is 14.7. The summed E-state index contributed by atoms with van der Waals surface area (Å²) in [4.78, 5) is 25.6. The molecule has 3 heterocycles. The van der Waals surface area contributed by atoms with Crippen LogP contribution >= 0.6 is 0 Å². The summed E-state index contributed by atoms with van der Waals surface area (Å²) in [6, 6.07) is 13.6. The number of H-pyrrole nitrogens is 2. The van der Waals surface area contributed by atoms with Gasteiger partial charge in [-0.2, -0.15) is 0 Å². The van der Waals surface area contributed by atoms with Gasteiger partial charge in [-0.3, -0.25) is 4.79 Å². The summed E-state index contributed by atoms with van der Waals surface area (Å²) in [7, 11) is 0. The van der Waals surface area contributed by atoms with E-state index in [9.17, 15) is 4.79 Å². The summed E-state index contributed by atoms with van der Waals surface area (Å²) in [6.07, 6.45) is 0. The van der Waals surface area contributed by atoms with E-state index in [1.54, 1.807) is 0 Å². The molecule has 27 heavy (non-hydrogen) atoms. The van der Waals surface area contributed by atoms with Gasteiger partial charge in [0.15, 0.2) is 0 Å². The number of para-hydroxylation sites is 2. The molecule has 0 spiro atoms. The van der Waals surface area contributed by atoms with Crippen molar-refractivity contribution in [1.82, 2.24) is 15.0 Å². The van der Waals surface area contributed by atoms with Crippen LogP contribution in [-0.4, -0.2) is 41.3 Å². The first kappa shape index (κ1) is 15.9. The summed E-state index contributed by atoms with van der Waals surface area (Å²) in [5.74, 6) is 0.480. The number of rotatable bonds is 2. The molecule has 2 aromatic heterocycles. The van der Waals surface area contributed by atoms with E-state index in [1.165, 1.54) is 0 Å². The molecule has 1 aliphatic rings. The van der Waals surface area contributed by atoms with Crippen LogP contribution in [0.5, 0.6) is 0 Å². The Hall–Kier alpha value is -3.32. The SMILES string of the molecule is Nc1c(-c2nc3ccccc3[nH]2)c(=O)[nH]c2ccc(N3CCOCC3)cc12. The Morgan fingerprint density at radius 1 is 1.04 bits per heavy atom. The van der Waals surface area contributed by atoms with E-state index < -0.39 is 0 Å². The minimum atomic E-state index is -0.252. The van der Waals surface area contributed by atoms with Gasteiger partial charge in [0.2, 0.25) is 0 Å². The van der Waals surface area contributed by atoms with Crippen LogP contribution < -0.4 is 16.2 Å². The molecular weight excluding hydrogens is 342 g/mol. The van der Waals surface area contributed by atoms with Gasteiger partial charge in [0, 0.05) is 24.2 Å². The molecule has 1 saturated heterocycles. The molecule has 5 rings (SSSR count). The number of aromatic amines is 2. The molecule has 7 nitrogen and oxygen atoms in total. The fraction of sp³-hybridized carbons (Fsp3) is 0.200. The van der Waals surface area contributed by atoms with Crippen molar-refractivity contribution in [2.45, 2.75) is 0 Å². The fourth-order valence-corrected chi connectivity index (χ4v) is 3.63. The molecule has 1 aliphatic heterocycles. The van der Waals surface area contributed by atoms with Crippen LogP contribution in [0.4, 0.5) is 11.4 Å². The molecule has 4 N–H and O–H groups in total. The van der Waals surface area contributed by atoms with Gasteiger partial charge in [0.25, 0.3) is 5.56 Å². The third-order valence-electron chi connectivity index (χ3n) is 5.04. The molecule has 7 heteroatoms. The molecular formula is C20H19N5O2. The monoisotopic (exact) mass is 361 g/mol. The molecule has 0 saturated carbocycles. The number of morpholine rings is 1. The Bertz CT molecular complexity index is 1170. The van der Waals surface area contributed by atoms with E-state index >= 15 is 0 Å². The molecule has 0 bridgehead atoms. The summed E-state index contributed by atoms with van der Waals surface area (Å²) in [6.45, 7) is 3.10. The fourth-order valence-electron chi connectivity index (χ4n) is 3.63. The van der Waals surface area contributed by atoms with Gasteiger partial charge in [0.05, 0.1) is 35.5 Å². The van der Waals surface area contributed by atoms with Gasteiger partial charge in [-0.1, -0.05) is 12.1 Å². The zero-order chi connectivity index (χ0) is 18.4. The summed E-state index contributed by atoms with van der Waals surface area (Å²) < 4.78 is 5.43. The number of nitrogen functional groups attached to an aromatic ring is 1. The van der Waals surface area contributed by atoms with Crippen molar-refractivity contribution in [1.29, 1.82) is 0 Å². The predicted molar refractivity (Wildman–Crippen MR) is 107 cm³/mol. The second-order valence-corrected chi connectivity index (χ2v) is 6.67. The first-order valence-corrected chi connectivity index (χ1v) is 8.94. The number of nitrogens with one attached hydrogen (secondary N) is 2. The number of ether oxygens (including phenoxy) is 1. The van der Waals surface area contributed by atoms with Gasteiger partial charge in [0.1, 0.15) is 11.4 Å². The molecule has 1 fully saturated rings. The first-order valence-electron chi connectivity index (χ1n) is 8.94. The highest BCUT2D eigenvalue weighted by Crippen LogP contribution is 2.31. The van der Waals surface area contributed by atoms with Crippen molar-refractivity contribution in [3.63, 3.8) is 0 Å². The number of imidazole rings is 1. The number of fused-ring (bicyclic) bond motifs is 2. The molecule has 0 unspecified atom stereocenters. The smallest absolute Gasteiger partial charge is 0.261 e. The zero-order valence-electron chi connectivity index (χ0n) is 14.7. The van der Waals surface area contributed by atoms with Gasteiger partial charge >= 0.3 is 0 Å². The summed E-state index contributed by atoms with van der Waals surface area (Å²) >= 11 is 0. The maximum absolute atomic E-state index is 12.7. The van der Waals surface area contributed by atoms with E-state index in [-0.39, 0.29) is 5.56 Å². The Morgan fingerprint density at radius 2 is 1.85 bits per heavy atom. The number of pyridine rings is 1. The van der Waals surface area contributed by atoms with Crippen LogP contribution in [0.1, 0.15) is 0 Å². The van der Waals surface area contributed by atoms with Crippen molar-refractivity contribution < 1.29 is 4.74 Å². The van der Waals surface area contributed by atoms with E-state index in [4.69, 9.17) is 10.5 Å². The van der Waals surface area contributed by atoms with Crippen molar-refractivity contribution in [3.05, 3.63) is 52.8 Å². The molecule has 0 atom stereocenters. The third-order valence-corrected chi connectivity index (χ3v) is 5.04. The second-order valence-electron chi connectivity index (χ2n) is 6.67. The van der Waals surface area contributed by atoms with E-state index in [1.807, 2.05) is 42.5 Å². The quantitative estimate of drug-likeness (QED) is 0.509. The number of nitrogens with zero attached hydrogens (tertiary/aromatic N) is 2. The summed E-state index contributed by atoms with van der Waals surface area (Å²) in [5.41, 5.74) is 10.5. The number of benzene rings is 2. The van der Waals surface area contributed by atoms with Gasteiger partial charge in [-0.25, -0.2) is 4.98 Å². The van der Waals surface area contributed by atoms with Crippen molar-refractivity contribution in [3.8, 4) is 11.4 Å². The van der Waals surface area contributed by atoms with Crippen molar-refractivity contribution in [2.75, 3.05) is 36.9 Å². The molecule has 4 aromatic rings. The van der Waals surface area contributed by atoms with E-state index in [2.05, 4.69) is 19.9 Å². The third kappa shape index (κ3) is 2.63. The average molecular weight is 361 g/mol. The Balaban J connectivity index is 1.68. The van der Waals surface area contributed by atoms with Gasteiger partial charge in [-0.05, 0) is 30.3 Å². The van der Waals surface area contributed by atoms with Crippen LogP contribution in [0.15, 0.2) is 47.3 Å². The topological polar surface area (TPSA) is 100 Å². The predicted octanol–water partition coefficient (Wildman–Crippen LogP) is 2.49. The highest BCUT2D eigenvalue weighted by Gasteiger charge is 2.18. The lowest BCUT2D eigenvalue weighted by molar-refractivity contribution is 0.122. The number of nitrogens with two attached hydrogens (primary N) is 1. The molecule has 136 valence electrons. The van der Waals surface area contributed by atoms with Gasteiger partial charge in [-0.15, -0.1) is 0 Å². The number of anilines is 2. The summed E-state index contributed by atoms with van der Waals surface area (Å²) in [5, 5.41) is 0.814. The minimum Gasteiger partial charge on any atom is -0.397 e. The Labute approximate surface area is 154 Å². The van der Waals surface area contributed by atoms with Crippen LogP contribution in [0, 0.1) is 0 Å².